The second-order valence-corrected chi connectivity index (χ2v) is 5.78. The van der Waals surface area contributed by atoms with E-state index in [1.54, 1.807) is 6.33 Å². The summed E-state index contributed by atoms with van der Waals surface area (Å²) in [6, 6.07) is 1.94. The number of nitrogens with one attached hydrogen (secondary N) is 1. The molecule has 1 aliphatic heterocycles. The van der Waals surface area contributed by atoms with E-state index in [0.29, 0.717) is 11.6 Å². The van der Waals surface area contributed by atoms with Crippen LogP contribution in [0.5, 0.6) is 0 Å². The normalized spacial score (nSPS) is 15.9. The minimum absolute atomic E-state index is 0.0757. The molecule has 0 spiro atoms. The summed E-state index contributed by atoms with van der Waals surface area (Å²) < 4.78 is 1.88. The summed E-state index contributed by atoms with van der Waals surface area (Å²) in [5.74, 6) is 0.381. The fourth-order valence-electron chi connectivity index (χ4n) is 2.85. The van der Waals surface area contributed by atoms with E-state index in [9.17, 15) is 4.79 Å². The summed E-state index contributed by atoms with van der Waals surface area (Å²) in [5.41, 5.74) is 2.51. The summed E-state index contributed by atoms with van der Waals surface area (Å²) in [6.07, 6.45) is 1.58. The van der Waals surface area contributed by atoms with Crippen molar-refractivity contribution in [3.8, 4) is 0 Å². The molecule has 2 aromatic rings. The Morgan fingerprint density at radius 3 is 2.67 bits per heavy atom. The molecule has 1 aliphatic rings. The van der Waals surface area contributed by atoms with Gasteiger partial charge in [-0.3, -0.25) is 4.79 Å². The number of carbonyl (C=O) groups excluding carboxylic acids is 1. The first-order valence-corrected chi connectivity index (χ1v) is 7.40. The molecule has 0 radical (unpaired) electrons. The topological polar surface area (TPSA) is 63.1 Å². The van der Waals surface area contributed by atoms with Crippen LogP contribution >= 0.6 is 0 Å². The monoisotopic (exact) mass is 287 g/mol. The molecular weight excluding hydrogens is 266 g/mol. The van der Waals surface area contributed by atoms with Gasteiger partial charge in [0.05, 0.1) is 5.69 Å². The number of hydrogen-bond donors (Lipinski definition) is 1. The Balaban J connectivity index is 2.05. The number of aryl methyl sites for hydroxylation is 1. The van der Waals surface area contributed by atoms with Crippen molar-refractivity contribution < 1.29 is 4.79 Å². The molecule has 0 aromatic carbocycles. The third-order valence-electron chi connectivity index (χ3n) is 4.02. The summed E-state index contributed by atoms with van der Waals surface area (Å²) in [7, 11) is 1.90. The second-order valence-electron chi connectivity index (χ2n) is 5.78. The fourth-order valence-corrected chi connectivity index (χ4v) is 2.85. The highest BCUT2D eigenvalue weighted by molar-refractivity contribution is 5.98. The summed E-state index contributed by atoms with van der Waals surface area (Å²) >= 11 is 0. The molecule has 0 saturated carbocycles. The van der Waals surface area contributed by atoms with E-state index >= 15 is 0 Å². The number of nitrogens with zero attached hydrogens (tertiary/aromatic N) is 4. The lowest BCUT2D eigenvalue weighted by Gasteiger charge is -2.27. The van der Waals surface area contributed by atoms with Gasteiger partial charge in [-0.1, -0.05) is 13.8 Å². The van der Waals surface area contributed by atoms with E-state index in [4.69, 9.17) is 0 Å². The summed E-state index contributed by atoms with van der Waals surface area (Å²) in [5, 5.41) is 4.24. The van der Waals surface area contributed by atoms with Crippen LogP contribution in [0.1, 0.15) is 35.9 Å². The number of hydrogen-bond acceptors (Lipinski definition) is 4. The van der Waals surface area contributed by atoms with Crippen molar-refractivity contribution in [1.82, 2.24) is 24.8 Å². The number of aromatic nitrogens is 3. The van der Waals surface area contributed by atoms with Crippen molar-refractivity contribution in [2.24, 2.45) is 7.05 Å². The molecule has 0 atom stereocenters. The van der Waals surface area contributed by atoms with Crippen LogP contribution < -0.4 is 5.32 Å². The van der Waals surface area contributed by atoms with Crippen molar-refractivity contribution in [2.45, 2.75) is 19.8 Å². The Labute approximate surface area is 124 Å². The average molecular weight is 287 g/mol. The maximum atomic E-state index is 12.7. The zero-order valence-corrected chi connectivity index (χ0v) is 12.8. The van der Waals surface area contributed by atoms with Gasteiger partial charge < -0.3 is 14.8 Å². The molecule has 1 fully saturated rings. The Morgan fingerprint density at radius 1 is 1.29 bits per heavy atom. The standard InChI is InChI=1S/C15H21N5O/c1-10(2)13-11-8-12(19(3)14(11)18-9-17-13)15(21)20-6-4-16-5-7-20/h8-10,16H,4-7H2,1-3H3. The summed E-state index contributed by atoms with van der Waals surface area (Å²) in [4.78, 5) is 23.3. The lowest BCUT2D eigenvalue weighted by molar-refractivity contribution is 0.0726. The van der Waals surface area contributed by atoms with Gasteiger partial charge in [-0.15, -0.1) is 0 Å². The molecule has 0 unspecified atom stereocenters. The highest BCUT2D eigenvalue weighted by atomic mass is 16.2. The first-order valence-electron chi connectivity index (χ1n) is 7.40. The molecule has 1 N–H and O–H groups in total. The van der Waals surface area contributed by atoms with Crippen LogP contribution in [0, 0.1) is 0 Å². The Morgan fingerprint density at radius 2 is 2.00 bits per heavy atom. The van der Waals surface area contributed by atoms with Crippen molar-refractivity contribution in [1.29, 1.82) is 0 Å². The van der Waals surface area contributed by atoms with E-state index in [-0.39, 0.29) is 5.91 Å². The quantitative estimate of drug-likeness (QED) is 0.899. The minimum atomic E-state index is 0.0757. The highest BCUT2D eigenvalue weighted by Crippen LogP contribution is 2.25. The predicted octanol–water partition coefficient (Wildman–Crippen LogP) is 1.14. The molecular formula is C15H21N5O. The van der Waals surface area contributed by atoms with Gasteiger partial charge in [0.15, 0.2) is 0 Å². The van der Waals surface area contributed by atoms with Crippen LogP contribution in [0.4, 0.5) is 0 Å². The maximum Gasteiger partial charge on any atom is 0.270 e. The molecule has 6 heteroatoms. The molecule has 3 rings (SSSR count). The SMILES string of the molecule is CC(C)c1ncnc2c1cc(C(=O)N1CCNCC1)n2C. The smallest absolute Gasteiger partial charge is 0.270 e. The van der Waals surface area contributed by atoms with Crippen LogP contribution in [0.15, 0.2) is 12.4 Å². The second kappa shape index (κ2) is 5.44. The summed E-state index contributed by atoms with van der Waals surface area (Å²) in [6.45, 7) is 7.42. The third kappa shape index (κ3) is 2.40. The van der Waals surface area contributed by atoms with E-state index < -0.39 is 0 Å². The van der Waals surface area contributed by atoms with Crippen LogP contribution in [-0.4, -0.2) is 51.5 Å². The highest BCUT2D eigenvalue weighted by Gasteiger charge is 2.23. The molecule has 6 nitrogen and oxygen atoms in total. The third-order valence-corrected chi connectivity index (χ3v) is 4.02. The number of rotatable bonds is 2. The van der Waals surface area contributed by atoms with E-state index in [1.165, 1.54) is 0 Å². The lowest BCUT2D eigenvalue weighted by Crippen LogP contribution is -2.46. The van der Waals surface area contributed by atoms with Crippen molar-refractivity contribution in [3.63, 3.8) is 0 Å². The number of fused-ring (bicyclic) bond motifs is 1. The number of piperazine rings is 1. The average Bonchev–Trinajstić information content (AvgIpc) is 2.84. The molecule has 1 amide bonds. The first kappa shape index (κ1) is 14.0. The van der Waals surface area contributed by atoms with Crippen LogP contribution in [0.25, 0.3) is 11.0 Å². The molecule has 1 saturated heterocycles. The molecule has 3 heterocycles. The number of carbonyl (C=O) groups is 1. The predicted molar refractivity (Wildman–Crippen MR) is 81.4 cm³/mol. The van der Waals surface area contributed by atoms with Gasteiger partial charge in [-0.25, -0.2) is 9.97 Å². The Kier molecular flexibility index (Phi) is 3.63. The van der Waals surface area contributed by atoms with Crippen LogP contribution in [0.3, 0.4) is 0 Å². The van der Waals surface area contributed by atoms with Gasteiger partial charge in [0.1, 0.15) is 17.7 Å². The molecule has 0 aliphatic carbocycles. The van der Waals surface area contributed by atoms with E-state index in [0.717, 1.165) is 42.9 Å². The zero-order chi connectivity index (χ0) is 15.0. The van der Waals surface area contributed by atoms with Crippen LogP contribution in [0.2, 0.25) is 0 Å². The Bertz CT molecular complexity index is 670. The van der Waals surface area contributed by atoms with E-state index in [2.05, 4.69) is 29.1 Å². The van der Waals surface area contributed by atoms with E-state index in [1.807, 2.05) is 22.6 Å². The minimum Gasteiger partial charge on any atom is -0.335 e. The molecule has 0 bridgehead atoms. The molecule has 2 aromatic heterocycles. The van der Waals surface area contributed by atoms with Crippen molar-refractivity contribution in [2.75, 3.05) is 26.2 Å². The van der Waals surface area contributed by atoms with Gasteiger partial charge in [0, 0.05) is 38.6 Å². The van der Waals surface area contributed by atoms with Gasteiger partial charge in [0.2, 0.25) is 0 Å². The van der Waals surface area contributed by atoms with Crippen molar-refractivity contribution >= 4 is 16.9 Å². The van der Waals surface area contributed by atoms with Crippen molar-refractivity contribution in [3.05, 3.63) is 23.8 Å². The largest absolute Gasteiger partial charge is 0.335 e. The first-order chi connectivity index (χ1) is 10.1. The van der Waals surface area contributed by atoms with Crippen LogP contribution in [-0.2, 0) is 7.05 Å². The van der Waals surface area contributed by atoms with Gasteiger partial charge in [-0.05, 0) is 12.0 Å². The zero-order valence-electron chi connectivity index (χ0n) is 12.8. The maximum absolute atomic E-state index is 12.7. The number of amides is 1. The van der Waals surface area contributed by atoms with Gasteiger partial charge in [0.25, 0.3) is 5.91 Å². The van der Waals surface area contributed by atoms with Gasteiger partial charge in [-0.2, -0.15) is 0 Å². The lowest BCUT2D eigenvalue weighted by atomic mass is 10.1. The van der Waals surface area contributed by atoms with Gasteiger partial charge >= 0.3 is 0 Å². The Hall–Kier alpha value is -1.95. The molecule has 21 heavy (non-hydrogen) atoms. The molecule has 112 valence electrons. The fraction of sp³-hybridized carbons (Fsp3) is 0.533.